The molecule has 0 radical (unpaired) electrons. The molecule has 1 saturated heterocycles. The number of halogens is 1. The molecule has 1 aliphatic heterocycles. The van der Waals surface area contributed by atoms with Gasteiger partial charge in [-0.1, -0.05) is 54.3 Å². The maximum atomic E-state index is 13.1. The molecule has 6 nitrogen and oxygen atoms in total. The number of hydrogen-bond acceptors (Lipinski definition) is 6. The second-order valence-electron chi connectivity index (χ2n) is 6.75. The van der Waals surface area contributed by atoms with Gasteiger partial charge in [0.25, 0.3) is 11.6 Å². The van der Waals surface area contributed by atoms with Crippen molar-refractivity contribution in [3.05, 3.63) is 105 Å². The number of carbonyl (C=O) groups is 1. The highest BCUT2D eigenvalue weighted by Gasteiger charge is 2.33. The van der Waals surface area contributed by atoms with E-state index in [1.807, 2.05) is 6.07 Å². The number of amides is 1. The van der Waals surface area contributed by atoms with E-state index in [0.717, 1.165) is 17.3 Å². The largest absolute Gasteiger partial charge is 0.488 e. The number of non-ortho nitro benzene ring substituents is 1. The Balaban J connectivity index is 1.65. The summed E-state index contributed by atoms with van der Waals surface area (Å²) >= 11 is 6.49. The number of nitro benzene ring substituents is 1. The molecule has 160 valence electrons. The van der Waals surface area contributed by atoms with Crippen LogP contribution < -0.4 is 9.64 Å². The van der Waals surface area contributed by atoms with Crippen LogP contribution in [-0.2, 0) is 11.4 Å². The monoisotopic (exact) mass is 466 g/mol. The predicted molar refractivity (Wildman–Crippen MR) is 126 cm³/mol. The van der Waals surface area contributed by atoms with E-state index in [-0.39, 0.29) is 24.0 Å². The van der Waals surface area contributed by atoms with Crippen LogP contribution in [0.3, 0.4) is 0 Å². The second-order valence-corrected chi connectivity index (χ2v) is 8.42. The lowest BCUT2D eigenvalue weighted by Gasteiger charge is -2.14. The van der Waals surface area contributed by atoms with Crippen LogP contribution >= 0.6 is 24.0 Å². The number of nitrogens with zero attached hydrogens (tertiary/aromatic N) is 2. The number of hydrogen-bond donors (Lipinski definition) is 0. The molecule has 1 heterocycles. The molecule has 9 heteroatoms. The van der Waals surface area contributed by atoms with Gasteiger partial charge in [0.05, 0.1) is 15.5 Å². The zero-order valence-electron chi connectivity index (χ0n) is 16.4. The van der Waals surface area contributed by atoms with Crippen molar-refractivity contribution in [2.45, 2.75) is 6.61 Å². The Hall–Kier alpha value is -3.56. The highest BCUT2D eigenvalue weighted by Crippen LogP contribution is 2.37. The van der Waals surface area contributed by atoms with Gasteiger partial charge >= 0.3 is 0 Å². The van der Waals surface area contributed by atoms with E-state index < -0.39 is 4.92 Å². The number of thioether (sulfide) groups is 1. The Morgan fingerprint density at radius 2 is 1.81 bits per heavy atom. The van der Waals surface area contributed by atoms with Crippen LogP contribution in [0.25, 0.3) is 6.08 Å². The van der Waals surface area contributed by atoms with Gasteiger partial charge < -0.3 is 4.74 Å². The third kappa shape index (κ3) is 4.68. The van der Waals surface area contributed by atoms with E-state index >= 15 is 0 Å². The first-order chi connectivity index (χ1) is 15.4. The Morgan fingerprint density at radius 1 is 1.09 bits per heavy atom. The number of para-hydroxylation sites is 1. The second kappa shape index (κ2) is 9.29. The van der Waals surface area contributed by atoms with Gasteiger partial charge in [-0.15, -0.1) is 0 Å². The first kappa shape index (κ1) is 21.7. The minimum atomic E-state index is -0.518. The number of ether oxygens (including phenoxy) is 1. The van der Waals surface area contributed by atoms with Crippen LogP contribution in [0.4, 0.5) is 15.8 Å². The number of carbonyl (C=O) groups excluding carboxylic acids is 1. The van der Waals surface area contributed by atoms with Crippen molar-refractivity contribution in [3.63, 3.8) is 0 Å². The molecular weight excluding hydrogens is 451 g/mol. The zero-order chi connectivity index (χ0) is 22.7. The summed E-state index contributed by atoms with van der Waals surface area (Å²) in [5.74, 6) is -0.322. The summed E-state index contributed by atoms with van der Waals surface area (Å²) < 4.78 is 19.3. The Morgan fingerprint density at radius 3 is 2.50 bits per heavy atom. The van der Waals surface area contributed by atoms with Crippen molar-refractivity contribution >= 4 is 51.7 Å². The summed E-state index contributed by atoms with van der Waals surface area (Å²) in [5.41, 5.74) is 1.61. The van der Waals surface area contributed by atoms with E-state index in [9.17, 15) is 19.3 Å². The molecular formula is C23H15FN2O4S2. The summed E-state index contributed by atoms with van der Waals surface area (Å²) in [4.78, 5) is 25.5. The van der Waals surface area contributed by atoms with Gasteiger partial charge in [0, 0.05) is 17.7 Å². The molecule has 0 aromatic heterocycles. The standard InChI is InChI=1S/C23H15FN2O4S2/c24-17-8-6-15(7-9-17)14-30-20-11-10-19(26(28)29)12-16(20)13-21-22(27)25(23(31)32-21)18-4-2-1-3-5-18/h1-13H,14H2/b21-13-. The van der Waals surface area contributed by atoms with Crippen molar-refractivity contribution in [2.75, 3.05) is 4.90 Å². The molecule has 1 amide bonds. The minimum absolute atomic E-state index is 0.129. The number of rotatable bonds is 6. The topological polar surface area (TPSA) is 72.7 Å². The molecule has 0 bridgehead atoms. The zero-order valence-corrected chi connectivity index (χ0v) is 18.1. The van der Waals surface area contributed by atoms with E-state index in [1.54, 1.807) is 36.4 Å². The molecule has 1 fully saturated rings. The van der Waals surface area contributed by atoms with Crippen molar-refractivity contribution in [3.8, 4) is 5.75 Å². The third-order valence-corrected chi connectivity index (χ3v) is 5.91. The molecule has 3 aromatic carbocycles. The van der Waals surface area contributed by atoms with Gasteiger partial charge in [0.2, 0.25) is 0 Å². The molecule has 32 heavy (non-hydrogen) atoms. The minimum Gasteiger partial charge on any atom is -0.488 e. The normalized spacial score (nSPS) is 14.8. The van der Waals surface area contributed by atoms with Crippen LogP contribution in [0.2, 0.25) is 0 Å². The number of nitro groups is 1. The van der Waals surface area contributed by atoms with Crippen molar-refractivity contribution in [1.29, 1.82) is 0 Å². The highest BCUT2D eigenvalue weighted by atomic mass is 32.2. The quantitative estimate of drug-likeness (QED) is 0.200. The molecule has 4 rings (SSSR count). The Bertz CT molecular complexity index is 1230. The Labute approximate surface area is 192 Å². The van der Waals surface area contributed by atoms with Gasteiger partial charge in [-0.05, 0) is 42.0 Å². The fraction of sp³-hybridized carbons (Fsp3) is 0.0435. The lowest BCUT2D eigenvalue weighted by atomic mass is 10.1. The Kier molecular flexibility index (Phi) is 6.29. The van der Waals surface area contributed by atoms with E-state index in [4.69, 9.17) is 17.0 Å². The average Bonchev–Trinajstić information content (AvgIpc) is 3.07. The fourth-order valence-corrected chi connectivity index (χ4v) is 4.33. The van der Waals surface area contributed by atoms with Crippen LogP contribution in [-0.4, -0.2) is 15.2 Å². The molecule has 0 saturated carbocycles. The van der Waals surface area contributed by atoms with Crippen LogP contribution in [0.5, 0.6) is 5.75 Å². The maximum Gasteiger partial charge on any atom is 0.270 e. The molecule has 0 atom stereocenters. The molecule has 1 aliphatic rings. The third-order valence-electron chi connectivity index (χ3n) is 4.61. The fourth-order valence-electron chi connectivity index (χ4n) is 3.04. The van der Waals surface area contributed by atoms with Crippen LogP contribution in [0.1, 0.15) is 11.1 Å². The van der Waals surface area contributed by atoms with Gasteiger partial charge in [0.1, 0.15) is 18.2 Å². The summed E-state index contributed by atoms with van der Waals surface area (Å²) in [6.07, 6.45) is 1.54. The molecule has 3 aromatic rings. The van der Waals surface area contributed by atoms with Gasteiger partial charge in [-0.2, -0.15) is 0 Å². The molecule has 0 N–H and O–H groups in total. The van der Waals surface area contributed by atoms with Crippen LogP contribution in [0.15, 0.2) is 77.7 Å². The van der Waals surface area contributed by atoms with E-state index in [2.05, 4.69) is 0 Å². The predicted octanol–water partition coefficient (Wildman–Crippen LogP) is 5.72. The van der Waals surface area contributed by atoms with Gasteiger partial charge in [0.15, 0.2) is 4.32 Å². The van der Waals surface area contributed by atoms with E-state index in [1.165, 1.54) is 41.3 Å². The SMILES string of the molecule is O=C1/C(=C/c2cc([N+](=O)[O-])ccc2OCc2ccc(F)cc2)SC(=S)N1c1ccccc1. The lowest BCUT2D eigenvalue weighted by molar-refractivity contribution is -0.384. The highest BCUT2D eigenvalue weighted by molar-refractivity contribution is 8.27. The van der Waals surface area contributed by atoms with Crippen LogP contribution in [0, 0.1) is 15.9 Å². The van der Waals surface area contributed by atoms with Crippen molar-refractivity contribution in [2.24, 2.45) is 0 Å². The molecule has 0 unspecified atom stereocenters. The molecule has 0 aliphatic carbocycles. The maximum absolute atomic E-state index is 13.1. The lowest BCUT2D eigenvalue weighted by Crippen LogP contribution is -2.27. The number of benzene rings is 3. The van der Waals surface area contributed by atoms with Gasteiger partial charge in [-0.25, -0.2) is 4.39 Å². The van der Waals surface area contributed by atoms with Crippen molar-refractivity contribution < 1.29 is 18.8 Å². The summed E-state index contributed by atoms with van der Waals surface area (Å²) in [6.45, 7) is 0.129. The first-order valence-electron chi connectivity index (χ1n) is 9.41. The number of anilines is 1. The van der Waals surface area contributed by atoms with Gasteiger partial charge in [-0.3, -0.25) is 19.8 Å². The smallest absolute Gasteiger partial charge is 0.270 e. The molecule has 0 spiro atoms. The first-order valence-corrected chi connectivity index (χ1v) is 10.6. The summed E-state index contributed by atoms with van der Waals surface area (Å²) in [5, 5.41) is 11.3. The average molecular weight is 467 g/mol. The van der Waals surface area contributed by atoms with E-state index in [0.29, 0.717) is 26.2 Å². The van der Waals surface area contributed by atoms with Crippen molar-refractivity contribution in [1.82, 2.24) is 0 Å². The number of thiocarbonyl (C=S) groups is 1. The summed E-state index contributed by atoms with van der Waals surface area (Å²) in [7, 11) is 0. The summed E-state index contributed by atoms with van der Waals surface area (Å²) in [6, 6.07) is 19.0.